The van der Waals surface area contributed by atoms with Crippen molar-refractivity contribution in [1.82, 2.24) is 10.2 Å². The SMILES string of the molecule is COc1ccc([C@H](Cc2c(Cl)c[n+]([O-])cc2Cl)OC(=O)c2ccc(CNC(C(=O)OCC3CCCCN3C)c3ccccc3)s2)cc1OC. The number of pyridine rings is 1. The average molecular weight is 729 g/mol. The van der Waals surface area contributed by atoms with Crippen LogP contribution in [0, 0.1) is 5.21 Å². The number of ether oxygens (including phenoxy) is 4. The molecule has 0 radical (unpaired) electrons. The molecule has 0 spiro atoms. The number of aromatic nitrogens is 1. The summed E-state index contributed by atoms with van der Waals surface area (Å²) in [7, 11) is 5.11. The van der Waals surface area contributed by atoms with Crippen molar-refractivity contribution in [3.63, 3.8) is 0 Å². The summed E-state index contributed by atoms with van der Waals surface area (Å²) >= 11 is 14.0. The Hall–Kier alpha value is -3.87. The maximum atomic E-state index is 13.6. The molecule has 1 N–H and O–H groups in total. The third kappa shape index (κ3) is 9.43. The van der Waals surface area contributed by atoms with Crippen molar-refractivity contribution in [2.45, 2.75) is 50.4 Å². The second-order valence-electron chi connectivity index (χ2n) is 11.8. The van der Waals surface area contributed by atoms with Crippen molar-refractivity contribution in [2.24, 2.45) is 0 Å². The van der Waals surface area contributed by atoms with Crippen LogP contribution in [0.2, 0.25) is 10.0 Å². The number of thiophene rings is 1. The van der Waals surface area contributed by atoms with Crippen molar-refractivity contribution in [2.75, 3.05) is 34.4 Å². The van der Waals surface area contributed by atoms with Crippen LogP contribution >= 0.6 is 34.5 Å². The Morgan fingerprint density at radius 3 is 2.43 bits per heavy atom. The van der Waals surface area contributed by atoms with Gasteiger partial charge < -0.3 is 29.1 Å². The van der Waals surface area contributed by atoms with E-state index < -0.39 is 18.1 Å². The maximum Gasteiger partial charge on any atom is 0.348 e. The van der Waals surface area contributed by atoms with E-state index in [1.807, 2.05) is 36.4 Å². The van der Waals surface area contributed by atoms with E-state index in [0.717, 1.165) is 36.2 Å². The van der Waals surface area contributed by atoms with Gasteiger partial charge in [0, 0.05) is 29.4 Å². The van der Waals surface area contributed by atoms with E-state index in [1.165, 1.54) is 38.0 Å². The Balaban J connectivity index is 1.30. The first-order chi connectivity index (χ1) is 23.7. The molecule has 3 atom stereocenters. The van der Waals surface area contributed by atoms with E-state index in [-0.39, 0.29) is 28.5 Å². The van der Waals surface area contributed by atoms with Gasteiger partial charge in [-0.05, 0) is 61.8 Å². The fraction of sp³-hybridized carbons (Fsp3) is 0.361. The number of likely N-dealkylation sites (tertiary alicyclic amines) is 1. The first-order valence-electron chi connectivity index (χ1n) is 15.9. The third-order valence-electron chi connectivity index (χ3n) is 8.53. The highest BCUT2D eigenvalue weighted by atomic mass is 35.5. The van der Waals surface area contributed by atoms with Crippen LogP contribution in [-0.2, 0) is 27.2 Å². The predicted octanol–water partition coefficient (Wildman–Crippen LogP) is 6.70. The molecule has 5 rings (SSSR count). The Bertz CT molecular complexity index is 1720. The van der Waals surface area contributed by atoms with E-state index >= 15 is 0 Å². The molecule has 3 heterocycles. The molecule has 2 unspecified atom stereocenters. The topological polar surface area (TPSA) is 113 Å². The molecular weight excluding hydrogens is 689 g/mol. The van der Waals surface area contributed by atoms with Gasteiger partial charge in [-0.2, -0.15) is 4.73 Å². The molecule has 1 fully saturated rings. The first kappa shape index (κ1) is 36.4. The molecule has 1 aliphatic rings. The minimum atomic E-state index is -0.839. The molecule has 0 saturated carbocycles. The smallest absolute Gasteiger partial charge is 0.348 e. The molecule has 0 amide bonds. The summed E-state index contributed by atoms with van der Waals surface area (Å²) in [6.45, 7) is 1.66. The van der Waals surface area contributed by atoms with Crippen LogP contribution in [0.5, 0.6) is 11.5 Å². The lowest BCUT2D eigenvalue weighted by Crippen LogP contribution is -2.41. The van der Waals surface area contributed by atoms with Crippen LogP contribution in [0.4, 0.5) is 0 Å². The summed E-state index contributed by atoms with van der Waals surface area (Å²) < 4.78 is 23.2. The lowest BCUT2D eigenvalue weighted by molar-refractivity contribution is -0.605. The van der Waals surface area contributed by atoms with Crippen LogP contribution in [-0.4, -0.2) is 57.3 Å². The number of carbonyl (C=O) groups excluding carboxylic acids is 2. The molecule has 1 aliphatic heterocycles. The van der Waals surface area contributed by atoms with Crippen molar-refractivity contribution in [3.05, 3.63) is 115 Å². The number of halogens is 2. The lowest BCUT2D eigenvalue weighted by Gasteiger charge is -2.32. The zero-order valence-corrected chi connectivity index (χ0v) is 29.9. The molecule has 2 aromatic carbocycles. The molecule has 10 nitrogen and oxygen atoms in total. The molecule has 2 aromatic heterocycles. The van der Waals surface area contributed by atoms with Crippen LogP contribution in [0.3, 0.4) is 0 Å². The van der Waals surface area contributed by atoms with E-state index in [0.29, 0.717) is 45.4 Å². The minimum Gasteiger partial charge on any atom is -0.619 e. The van der Waals surface area contributed by atoms with Crippen molar-refractivity contribution >= 4 is 46.5 Å². The standard InChI is InChI=1S/C36H39Cl2N3O7S/c1-40-16-8-7-11-25(40)22-47-36(43)34(23-9-5-4-6-10-23)39-19-26-13-15-33(49-26)35(42)48-31(18-27-28(37)20-41(44)21-29(27)38)24-12-14-30(45-2)32(17-24)46-3/h4-6,9-10,12-15,17,20-21,25,31,34,39H,7-8,11,16,18-19,22H2,1-3H3/t25?,31-,34?/m0/s1. The number of carbonyl (C=O) groups is 2. The predicted molar refractivity (Wildman–Crippen MR) is 188 cm³/mol. The Kier molecular flexibility index (Phi) is 12.8. The van der Waals surface area contributed by atoms with Gasteiger partial charge in [0.2, 0.25) is 0 Å². The normalized spacial score (nSPS) is 16.1. The van der Waals surface area contributed by atoms with E-state index in [1.54, 1.807) is 24.3 Å². The van der Waals surface area contributed by atoms with Gasteiger partial charge in [0.1, 0.15) is 33.7 Å². The Morgan fingerprint density at radius 1 is 1.00 bits per heavy atom. The van der Waals surface area contributed by atoms with Crippen LogP contribution in [0.1, 0.15) is 62.6 Å². The quantitative estimate of drug-likeness (QED) is 0.0861. The summed E-state index contributed by atoms with van der Waals surface area (Å²) in [5, 5.41) is 15.5. The molecule has 0 aliphatic carbocycles. The molecule has 260 valence electrons. The Labute approximate surface area is 300 Å². The highest BCUT2D eigenvalue weighted by Crippen LogP contribution is 2.36. The molecule has 1 saturated heterocycles. The highest BCUT2D eigenvalue weighted by molar-refractivity contribution is 7.13. The number of methoxy groups -OCH3 is 2. The highest BCUT2D eigenvalue weighted by Gasteiger charge is 2.27. The van der Waals surface area contributed by atoms with Gasteiger partial charge in [0.25, 0.3) is 0 Å². The second-order valence-corrected chi connectivity index (χ2v) is 13.7. The van der Waals surface area contributed by atoms with Crippen molar-refractivity contribution < 1.29 is 33.3 Å². The van der Waals surface area contributed by atoms with Gasteiger partial charge in [-0.1, -0.05) is 66.0 Å². The summed E-state index contributed by atoms with van der Waals surface area (Å²) in [5.74, 6) is 0.0490. The molecule has 4 aromatic rings. The van der Waals surface area contributed by atoms with Crippen molar-refractivity contribution in [1.29, 1.82) is 0 Å². The number of nitrogens with zero attached hydrogens (tertiary/aromatic N) is 2. The first-order valence-corrected chi connectivity index (χ1v) is 17.5. The number of hydrogen-bond acceptors (Lipinski definition) is 10. The van der Waals surface area contributed by atoms with Gasteiger partial charge in [0.15, 0.2) is 23.9 Å². The molecule has 0 bridgehead atoms. The van der Waals surface area contributed by atoms with Gasteiger partial charge in [-0.3, -0.25) is 5.32 Å². The molecular formula is C36H39Cl2N3O7S. The largest absolute Gasteiger partial charge is 0.619 e. The van der Waals surface area contributed by atoms with Crippen LogP contribution in [0.15, 0.2) is 73.1 Å². The summed E-state index contributed by atoms with van der Waals surface area (Å²) in [5.41, 5.74) is 1.85. The third-order valence-corrected chi connectivity index (χ3v) is 10.2. The minimum absolute atomic E-state index is 0.0943. The Morgan fingerprint density at radius 2 is 1.73 bits per heavy atom. The van der Waals surface area contributed by atoms with E-state index in [2.05, 4.69) is 17.3 Å². The zero-order valence-electron chi connectivity index (χ0n) is 27.5. The fourth-order valence-corrected chi connectivity index (χ4v) is 7.20. The molecule has 13 heteroatoms. The average Bonchev–Trinajstić information content (AvgIpc) is 3.58. The van der Waals surface area contributed by atoms with Crippen LogP contribution < -0.4 is 19.5 Å². The lowest BCUT2D eigenvalue weighted by atomic mass is 10.0. The van der Waals surface area contributed by atoms with Gasteiger partial charge in [0.05, 0.1) is 14.2 Å². The fourth-order valence-electron chi connectivity index (χ4n) is 5.76. The number of esters is 2. The maximum absolute atomic E-state index is 13.6. The summed E-state index contributed by atoms with van der Waals surface area (Å²) in [6.07, 6.45) is 4.93. The van der Waals surface area contributed by atoms with E-state index in [9.17, 15) is 14.8 Å². The number of likely N-dealkylation sites (N-methyl/N-ethyl adjacent to an activating group) is 1. The van der Waals surface area contributed by atoms with Crippen LogP contribution in [0.25, 0.3) is 0 Å². The monoisotopic (exact) mass is 727 g/mol. The second kappa shape index (κ2) is 17.2. The van der Waals surface area contributed by atoms with E-state index in [4.69, 9.17) is 42.1 Å². The number of hydrogen-bond donors (Lipinski definition) is 1. The van der Waals surface area contributed by atoms with Gasteiger partial charge in [-0.15, -0.1) is 11.3 Å². The summed E-state index contributed by atoms with van der Waals surface area (Å²) in [4.78, 5) is 30.4. The number of benzene rings is 2. The number of rotatable bonds is 14. The number of piperidine rings is 1. The van der Waals surface area contributed by atoms with Gasteiger partial charge >= 0.3 is 11.9 Å². The number of nitrogens with one attached hydrogen (secondary N) is 1. The van der Waals surface area contributed by atoms with Crippen molar-refractivity contribution in [3.8, 4) is 11.5 Å². The molecule has 49 heavy (non-hydrogen) atoms. The zero-order chi connectivity index (χ0) is 34.9. The van der Waals surface area contributed by atoms with Gasteiger partial charge in [-0.25, -0.2) is 9.59 Å². The summed E-state index contributed by atoms with van der Waals surface area (Å²) in [6, 6.07) is 17.7.